The van der Waals surface area contributed by atoms with Crippen molar-refractivity contribution in [2.24, 2.45) is 0 Å². The molecule has 3 rings (SSSR count). The zero-order chi connectivity index (χ0) is 20.7. The summed E-state index contributed by atoms with van der Waals surface area (Å²) in [5, 5.41) is 8.89. The third-order valence-corrected chi connectivity index (χ3v) is 4.99. The molecular weight excluding hydrogens is 362 g/mol. The monoisotopic (exact) mass is 389 g/mol. The summed E-state index contributed by atoms with van der Waals surface area (Å²) in [5.41, 5.74) is 0.331. The van der Waals surface area contributed by atoms with Crippen LogP contribution in [0.3, 0.4) is 0 Å². The molecule has 0 saturated carbocycles. The van der Waals surface area contributed by atoms with Crippen molar-refractivity contribution in [2.75, 3.05) is 31.1 Å². The highest BCUT2D eigenvalue weighted by atomic mass is 16.6. The highest BCUT2D eigenvalue weighted by Gasteiger charge is 2.51. The minimum atomic E-state index is -0.892. The Labute approximate surface area is 164 Å². The largest absolute Gasteiger partial charge is 0.481 e. The topological polar surface area (TPSA) is 90.4 Å². The molecule has 1 aromatic carbocycles. The van der Waals surface area contributed by atoms with Gasteiger partial charge < -0.3 is 19.6 Å². The molecule has 1 N–H and O–H groups in total. The molecule has 8 heteroatoms. The summed E-state index contributed by atoms with van der Waals surface area (Å²) in [6, 6.07) is 6.89. The number of hydrogen-bond donors (Lipinski definition) is 1. The van der Waals surface area contributed by atoms with E-state index in [1.165, 1.54) is 0 Å². The van der Waals surface area contributed by atoms with E-state index in [1.807, 2.05) is 27.7 Å². The molecule has 3 amide bonds. The smallest absolute Gasteiger partial charge is 0.410 e. The van der Waals surface area contributed by atoms with Gasteiger partial charge in [0.15, 0.2) is 0 Å². The van der Waals surface area contributed by atoms with Crippen molar-refractivity contribution >= 4 is 23.8 Å². The van der Waals surface area contributed by atoms with Crippen molar-refractivity contribution in [3.05, 3.63) is 29.8 Å². The lowest BCUT2D eigenvalue weighted by molar-refractivity contribution is -0.136. The Bertz CT molecular complexity index is 786. The Morgan fingerprint density at radius 3 is 2.36 bits per heavy atom. The SMILES string of the molecule is CC(C)(C)OC(=O)N1CCN2C(=O)N(c3ccc(CC(=O)O)cc3)CC2(C)C1. The van der Waals surface area contributed by atoms with Gasteiger partial charge in [-0.15, -0.1) is 0 Å². The molecule has 1 unspecified atom stereocenters. The van der Waals surface area contributed by atoms with Crippen molar-refractivity contribution in [3.8, 4) is 0 Å². The van der Waals surface area contributed by atoms with Gasteiger partial charge in [-0.2, -0.15) is 0 Å². The second-order valence-corrected chi connectivity index (χ2v) is 8.66. The van der Waals surface area contributed by atoms with Crippen LogP contribution in [0.15, 0.2) is 24.3 Å². The van der Waals surface area contributed by atoms with E-state index in [0.29, 0.717) is 31.7 Å². The first kappa shape index (κ1) is 20.0. The Balaban J connectivity index is 1.73. The predicted octanol–water partition coefficient (Wildman–Crippen LogP) is 2.57. The zero-order valence-corrected chi connectivity index (χ0v) is 16.8. The Hall–Kier alpha value is -2.77. The van der Waals surface area contributed by atoms with Gasteiger partial charge in [0.2, 0.25) is 0 Å². The maximum atomic E-state index is 12.9. The van der Waals surface area contributed by atoms with Crippen LogP contribution >= 0.6 is 0 Å². The van der Waals surface area contributed by atoms with Crippen LogP contribution in [0, 0.1) is 0 Å². The predicted molar refractivity (Wildman–Crippen MR) is 103 cm³/mol. The van der Waals surface area contributed by atoms with Crippen LogP contribution in [-0.2, 0) is 16.0 Å². The first-order chi connectivity index (χ1) is 13.0. The molecule has 152 valence electrons. The molecule has 2 heterocycles. The third kappa shape index (κ3) is 4.05. The van der Waals surface area contributed by atoms with Crippen molar-refractivity contribution in [1.29, 1.82) is 0 Å². The summed E-state index contributed by atoms with van der Waals surface area (Å²) in [7, 11) is 0. The number of nitrogens with zero attached hydrogens (tertiary/aromatic N) is 3. The van der Waals surface area contributed by atoms with Gasteiger partial charge in [0.1, 0.15) is 5.60 Å². The summed E-state index contributed by atoms with van der Waals surface area (Å²) in [6.45, 7) is 9.20. The highest BCUT2D eigenvalue weighted by molar-refractivity contribution is 5.95. The summed E-state index contributed by atoms with van der Waals surface area (Å²) < 4.78 is 5.48. The molecule has 0 spiro atoms. The number of urea groups is 1. The van der Waals surface area contributed by atoms with E-state index < -0.39 is 17.1 Å². The van der Waals surface area contributed by atoms with E-state index in [0.717, 1.165) is 5.69 Å². The number of rotatable bonds is 3. The number of carbonyl (C=O) groups excluding carboxylic acids is 2. The van der Waals surface area contributed by atoms with E-state index in [2.05, 4.69) is 0 Å². The van der Waals surface area contributed by atoms with Crippen LogP contribution in [-0.4, -0.2) is 70.3 Å². The quantitative estimate of drug-likeness (QED) is 0.858. The van der Waals surface area contributed by atoms with Gasteiger partial charge in [-0.3, -0.25) is 9.69 Å². The molecule has 2 aliphatic rings. The van der Waals surface area contributed by atoms with E-state index in [1.54, 1.807) is 39.0 Å². The molecule has 2 fully saturated rings. The molecule has 0 aliphatic carbocycles. The lowest BCUT2D eigenvalue weighted by Gasteiger charge is -2.43. The van der Waals surface area contributed by atoms with Crippen molar-refractivity contribution in [2.45, 2.75) is 45.3 Å². The molecule has 1 aromatic rings. The number of carboxylic acid groups (broad SMARTS) is 1. The van der Waals surface area contributed by atoms with Crippen LogP contribution in [0.2, 0.25) is 0 Å². The molecule has 2 aliphatic heterocycles. The minimum Gasteiger partial charge on any atom is -0.481 e. The summed E-state index contributed by atoms with van der Waals surface area (Å²) in [6.07, 6.45) is -0.416. The summed E-state index contributed by atoms with van der Waals surface area (Å²) in [4.78, 5) is 41.4. The fraction of sp³-hybridized carbons (Fsp3) is 0.550. The van der Waals surface area contributed by atoms with Gasteiger partial charge in [0, 0.05) is 25.3 Å². The Morgan fingerprint density at radius 1 is 1.14 bits per heavy atom. The maximum Gasteiger partial charge on any atom is 0.410 e. The molecule has 0 bridgehead atoms. The highest BCUT2D eigenvalue weighted by Crippen LogP contribution is 2.34. The second-order valence-electron chi connectivity index (χ2n) is 8.66. The second kappa shape index (κ2) is 7.00. The first-order valence-electron chi connectivity index (χ1n) is 9.36. The van der Waals surface area contributed by atoms with Gasteiger partial charge in [-0.1, -0.05) is 12.1 Å². The number of piperazine rings is 1. The molecule has 1 atom stereocenters. The molecule has 8 nitrogen and oxygen atoms in total. The average molecular weight is 389 g/mol. The lowest BCUT2D eigenvalue weighted by atomic mass is 9.98. The fourth-order valence-electron chi connectivity index (χ4n) is 3.73. The molecule has 0 radical (unpaired) electrons. The van der Waals surface area contributed by atoms with E-state index in [9.17, 15) is 14.4 Å². The van der Waals surface area contributed by atoms with Crippen LogP contribution in [0.4, 0.5) is 15.3 Å². The maximum absolute atomic E-state index is 12.9. The van der Waals surface area contributed by atoms with Gasteiger partial charge in [-0.25, -0.2) is 9.59 Å². The first-order valence-corrected chi connectivity index (χ1v) is 9.36. The van der Waals surface area contributed by atoms with Gasteiger partial charge in [-0.05, 0) is 45.4 Å². The van der Waals surface area contributed by atoms with Crippen LogP contribution in [0.1, 0.15) is 33.3 Å². The number of aliphatic carboxylic acids is 1. The number of fused-ring (bicyclic) bond motifs is 1. The molecular formula is C20H27N3O5. The number of carbonyl (C=O) groups is 3. The Morgan fingerprint density at radius 2 is 1.79 bits per heavy atom. The number of carboxylic acids is 1. The van der Waals surface area contributed by atoms with Crippen molar-refractivity contribution in [1.82, 2.24) is 9.80 Å². The number of hydrogen-bond acceptors (Lipinski definition) is 4. The molecule has 0 aromatic heterocycles. The molecule has 28 heavy (non-hydrogen) atoms. The van der Waals surface area contributed by atoms with Gasteiger partial charge in [0.25, 0.3) is 0 Å². The van der Waals surface area contributed by atoms with Crippen LogP contribution in [0.25, 0.3) is 0 Å². The fourth-order valence-corrected chi connectivity index (χ4v) is 3.73. The number of amides is 3. The summed E-state index contributed by atoms with van der Waals surface area (Å²) in [5.74, 6) is -0.892. The number of ether oxygens (including phenoxy) is 1. The molecule has 2 saturated heterocycles. The minimum absolute atomic E-state index is 0.0527. The van der Waals surface area contributed by atoms with Crippen LogP contribution < -0.4 is 4.90 Å². The normalized spacial score (nSPS) is 22.3. The van der Waals surface area contributed by atoms with Crippen LogP contribution in [0.5, 0.6) is 0 Å². The summed E-state index contributed by atoms with van der Waals surface area (Å²) >= 11 is 0. The van der Waals surface area contributed by atoms with E-state index in [4.69, 9.17) is 9.84 Å². The van der Waals surface area contributed by atoms with E-state index in [-0.39, 0.29) is 18.5 Å². The third-order valence-electron chi connectivity index (χ3n) is 4.99. The number of anilines is 1. The average Bonchev–Trinajstić information content (AvgIpc) is 2.84. The standard InChI is InChI=1S/C20H27N3O5/c1-19(2,3)28-18(27)21-9-10-23-17(26)22(13-20(23,4)12-21)15-7-5-14(6-8-15)11-16(24)25/h5-8H,9-13H2,1-4H3,(H,24,25). The van der Waals surface area contributed by atoms with Crippen molar-refractivity contribution < 1.29 is 24.2 Å². The van der Waals surface area contributed by atoms with Crippen molar-refractivity contribution in [3.63, 3.8) is 0 Å². The zero-order valence-electron chi connectivity index (χ0n) is 16.8. The number of benzene rings is 1. The van der Waals surface area contributed by atoms with Gasteiger partial charge >= 0.3 is 18.1 Å². The Kier molecular flexibility index (Phi) is 4.99. The van der Waals surface area contributed by atoms with E-state index >= 15 is 0 Å². The lowest BCUT2D eigenvalue weighted by Crippen LogP contribution is -2.61. The van der Waals surface area contributed by atoms with Gasteiger partial charge in [0.05, 0.1) is 18.5 Å².